The fourth-order valence-electron chi connectivity index (χ4n) is 1.96. The Morgan fingerprint density at radius 2 is 2.06 bits per heavy atom. The molecule has 1 amide bonds. The highest BCUT2D eigenvalue weighted by atomic mass is 32.2. The summed E-state index contributed by atoms with van der Waals surface area (Å²) in [5.41, 5.74) is 0.788. The Bertz CT molecular complexity index is 387. The predicted octanol–water partition coefficient (Wildman–Crippen LogP) is 1.84. The third-order valence-corrected chi connectivity index (χ3v) is 3.88. The van der Waals surface area contributed by atoms with Crippen molar-refractivity contribution in [1.82, 2.24) is 10.2 Å². The normalized spacial score (nSPS) is 15.4. The number of thioether (sulfide) groups is 1. The van der Waals surface area contributed by atoms with Crippen LogP contribution in [0.4, 0.5) is 0 Å². The van der Waals surface area contributed by atoms with Crippen LogP contribution in [-0.4, -0.2) is 42.7 Å². The fraction of sp³-hybridized carbons (Fsp3) is 0.462. The van der Waals surface area contributed by atoms with Crippen LogP contribution >= 0.6 is 11.8 Å². The maximum Gasteiger partial charge on any atom is 0.254 e. The van der Waals surface area contributed by atoms with Gasteiger partial charge in [0.2, 0.25) is 0 Å². The number of hydrogen-bond donors (Lipinski definition) is 1. The average molecular weight is 250 g/mol. The van der Waals surface area contributed by atoms with Gasteiger partial charge in [-0.15, -0.1) is 11.8 Å². The molecule has 17 heavy (non-hydrogen) atoms. The summed E-state index contributed by atoms with van der Waals surface area (Å²) in [5, 5.41) is 3.20. The van der Waals surface area contributed by atoms with Crippen molar-refractivity contribution in [2.75, 3.05) is 25.9 Å². The van der Waals surface area contributed by atoms with Gasteiger partial charge in [-0.1, -0.05) is 0 Å². The number of amides is 1. The largest absolute Gasteiger partial charge is 0.333 e. The smallest absolute Gasteiger partial charge is 0.254 e. The first-order chi connectivity index (χ1) is 8.26. The van der Waals surface area contributed by atoms with Crippen molar-refractivity contribution in [3.8, 4) is 0 Å². The Kier molecular flexibility index (Phi) is 4.07. The van der Waals surface area contributed by atoms with Crippen LogP contribution in [0.25, 0.3) is 0 Å². The van der Waals surface area contributed by atoms with E-state index in [9.17, 15) is 4.79 Å². The van der Waals surface area contributed by atoms with E-state index in [1.165, 1.54) is 4.90 Å². The topological polar surface area (TPSA) is 32.3 Å². The zero-order chi connectivity index (χ0) is 12.3. The monoisotopic (exact) mass is 250 g/mol. The molecule has 1 aliphatic heterocycles. The standard InChI is InChI=1S/C13H18N2OS/c1-3-15(11-8-14-9-11)13(16)10-4-6-12(17-2)7-5-10/h4-7,11,14H,3,8-9H2,1-2H3. The van der Waals surface area contributed by atoms with E-state index in [2.05, 4.69) is 5.32 Å². The number of carbonyl (C=O) groups excluding carboxylic acids is 1. The highest BCUT2D eigenvalue weighted by Gasteiger charge is 2.27. The summed E-state index contributed by atoms with van der Waals surface area (Å²) in [7, 11) is 0. The van der Waals surface area contributed by atoms with Gasteiger partial charge in [0.15, 0.2) is 0 Å². The molecule has 1 aliphatic rings. The zero-order valence-corrected chi connectivity index (χ0v) is 11.1. The second kappa shape index (κ2) is 5.56. The van der Waals surface area contributed by atoms with Crippen molar-refractivity contribution in [3.05, 3.63) is 29.8 Å². The lowest BCUT2D eigenvalue weighted by atomic mass is 10.1. The first-order valence-electron chi connectivity index (χ1n) is 5.92. The highest BCUT2D eigenvalue weighted by Crippen LogP contribution is 2.17. The molecular weight excluding hydrogens is 232 g/mol. The summed E-state index contributed by atoms with van der Waals surface area (Å²) < 4.78 is 0. The molecule has 0 bridgehead atoms. The van der Waals surface area contributed by atoms with Gasteiger partial charge in [-0.05, 0) is 37.4 Å². The van der Waals surface area contributed by atoms with Crippen molar-refractivity contribution in [2.45, 2.75) is 17.9 Å². The molecule has 4 heteroatoms. The van der Waals surface area contributed by atoms with Gasteiger partial charge < -0.3 is 10.2 Å². The molecular formula is C13H18N2OS. The third-order valence-electron chi connectivity index (χ3n) is 3.14. The summed E-state index contributed by atoms with van der Waals surface area (Å²) in [5.74, 6) is 0.145. The molecule has 1 heterocycles. The Balaban J connectivity index is 2.10. The number of carbonyl (C=O) groups is 1. The number of nitrogens with one attached hydrogen (secondary N) is 1. The van der Waals surface area contributed by atoms with Crippen LogP contribution in [-0.2, 0) is 0 Å². The Morgan fingerprint density at radius 1 is 1.41 bits per heavy atom. The minimum absolute atomic E-state index is 0.145. The molecule has 0 unspecified atom stereocenters. The van der Waals surface area contributed by atoms with E-state index in [1.54, 1.807) is 11.8 Å². The van der Waals surface area contributed by atoms with E-state index in [0.717, 1.165) is 25.2 Å². The van der Waals surface area contributed by atoms with Crippen LogP contribution in [0.15, 0.2) is 29.2 Å². The average Bonchev–Trinajstić information content (AvgIpc) is 2.32. The minimum atomic E-state index is 0.145. The van der Waals surface area contributed by atoms with Crippen molar-refractivity contribution >= 4 is 17.7 Å². The molecule has 2 rings (SSSR count). The molecule has 1 saturated heterocycles. The molecule has 1 N–H and O–H groups in total. The molecule has 0 aromatic heterocycles. The van der Waals surface area contributed by atoms with Crippen LogP contribution in [0.2, 0.25) is 0 Å². The van der Waals surface area contributed by atoms with Crippen LogP contribution < -0.4 is 5.32 Å². The number of likely N-dealkylation sites (N-methyl/N-ethyl adjacent to an activating group) is 1. The van der Waals surface area contributed by atoms with E-state index in [4.69, 9.17) is 0 Å². The van der Waals surface area contributed by atoms with Gasteiger partial charge >= 0.3 is 0 Å². The SMILES string of the molecule is CCN(C(=O)c1ccc(SC)cc1)C1CNC1. The molecule has 92 valence electrons. The number of nitrogens with zero attached hydrogens (tertiary/aromatic N) is 1. The first-order valence-corrected chi connectivity index (χ1v) is 7.14. The van der Waals surface area contributed by atoms with Crippen LogP contribution in [0, 0.1) is 0 Å². The highest BCUT2D eigenvalue weighted by molar-refractivity contribution is 7.98. The molecule has 0 spiro atoms. The maximum absolute atomic E-state index is 12.3. The molecule has 3 nitrogen and oxygen atoms in total. The van der Waals surface area contributed by atoms with Gasteiger partial charge in [-0.3, -0.25) is 4.79 Å². The second-order valence-electron chi connectivity index (χ2n) is 4.13. The zero-order valence-electron chi connectivity index (χ0n) is 10.3. The third kappa shape index (κ3) is 2.64. The predicted molar refractivity (Wildman–Crippen MR) is 71.6 cm³/mol. The summed E-state index contributed by atoms with van der Waals surface area (Å²) >= 11 is 1.69. The minimum Gasteiger partial charge on any atom is -0.333 e. The van der Waals surface area contributed by atoms with Gasteiger partial charge in [0, 0.05) is 30.1 Å². The quantitative estimate of drug-likeness (QED) is 0.828. The Morgan fingerprint density at radius 3 is 2.47 bits per heavy atom. The molecule has 0 aliphatic carbocycles. The van der Waals surface area contributed by atoms with Crippen LogP contribution in [0.3, 0.4) is 0 Å². The van der Waals surface area contributed by atoms with Gasteiger partial charge in [0.25, 0.3) is 5.91 Å². The van der Waals surface area contributed by atoms with Crippen molar-refractivity contribution in [2.24, 2.45) is 0 Å². The molecule has 0 radical (unpaired) electrons. The van der Waals surface area contributed by atoms with Crippen LogP contribution in [0.5, 0.6) is 0 Å². The molecule has 1 aromatic carbocycles. The molecule has 0 saturated carbocycles. The van der Waals surface area contributed by atoms with E-state index in [1.807, 2.05) is 42.3 Å². The lowest BCUT2D eigenvalue weighted by molar-refractivity contribution is 0.0630. The number of rotatable bonds is 4. The second-order valence-corrected chi connectivity index (χ2v) is 5.01. The Labute approximate surface area is 107 Å². The van der Waals surface area contributed by atoms with E-state index in [0.29, 0.717) is 6.04 Å². The number of benzene rings is 1. The summed E-state index contributed by atoms with van der Waals surface area (Å²) in [4.78, 5) is 15.4. The molecule has 1 fully saturated rings. The van der Waals surface area contributed by atoms with Gasteiger partial charge in [-0.25, -0.2) is 0 Å². The van der Waals surface area contributed by atoms with Crippen molar-refractivity contribution < 1.29 is 4.79 Å². The van der Waals surface area contributed by atoms with Crippen molar-refractivity contribution in [1.29, 1.82) is 0 Å². The maximum atomic E-state index is 12.3. The lowest BCUT2D eigenvalue weighted by Gasteiger charge is -2.37. The van der Waals surface area contributed by atoms with E-state index >= 15 is 0 Å². The summed E-state index contributed by atoms with van der Waals surface area (Å²) in [6.07, 6.45) is 2.04. The number of hydrogen-bond acceptors (Lipinski definition) is 3. The van der Waals surface area contributed by atoms with Crippen molar-refractivity contribution in [3.63, 3.8) is 0 Å². The lowest BCUT2D eigenvalue weighted by Crippen LogP contribution is -2.58. The van der Waals surface area contributed by atoms with E-state index in [-0.39, 0.29) is 5.91 Å². The van der Waals surface area contributed by atoms with Gasteiger partial charge in [-0.2, -0.15) is 0 Å². The summed E-state index contributed by atoms with van der Waals surface area (Å²) in [6.45, 7) is 4.65. The first kappa shape index (κ1) is 12.5. The molecule has 1 aromatic rings. The molecule has 0 atom stereocenters. The fourth-order valence-corrected chi connectivity index (χ4v) is 2.37. The van der Waals surface area contributed by atoms with Gasteiger partial charge in [0.05, 0.1) is 6.04 Å². The van der Waals surface area contributed by atoms with E-state index < -0.39 is 0 Å². The van der Waals surface area contributed by atoms with Gasteiger partial charge in [0.1, 0.15) is 0 Å². The van der Waals surface area contributed by atoms with Crippen LogP contribution in [0.1, 0.15) is 17.3 Å². The summed E-state index contributed by atoms with van der Waals surface area (Å²) in [6, 6.07) is 8.22. The Hall–Kier alpha value is -1.00.